The molecular formula is C8H13O3. The Morgan fingerprint density at radius 1 is 1.64 bits per heavy atom. The van der Waals surface area contributed by atoms with Crippen LogP contribution in [0, 0.1) is 6.92 Å². The zero-order valence-electron chi connectivity index (χ0n) is 6.92. The Bertz CT molecular complexity index is 151. The molecule has 3 heteroatoms. The average Bonchev–Trinajstić information content (AvgIpc) is 1.87. The van der Waals surface area contributed by atoms with E-state index < -0.39 is 12.3 Å². The first-order chi connectivity index (χ1) is 5.07. The van der Waals surface area contributed by atoms with Crippen molar-refractivity contribution in [2.75, 3.05) is 6.61 Å². The molecule has 3 nitrogen and oxygen atoms in total. The third-order valence-corrected chi connectivity index (χ3v) is 0.940. The van der Waals surface area contributed by atoms with Gasteiger partial charge in [0.05, 0.1) is 0 Å². The van der Waals surface area contributed by atoms with E-state index in [-0.39, 0.29) is 0 Å². The van der Waals surface area contributed by atoms with Gasteiger partial charge in [0.15, 0.2) is 0 Å². The first-order valence-corrected chi connectivity index (χ1v) is 3.39. The monoisotopic (exact) mass is 157 g/mol. The van der Waals surface area contributed by atoms with Crippen LogP contribution >= 0.6 is 0 Å². The molecule has 0 saturated heterocycles. The van der Waals surface area contributed by atoms with Crippen molar-refractivity contribution < 1.29 is 14.3 Å². The van der Waals surface area contributed by atoms with Gasteiger partial charge < -0.3 is 9.47 Å². The fraction of sp³-hybridized carbons (Fsp3) is 0.500. The van der Waals surface area contributed by atoms with Crippen LogP contribution in [0.1, 0.15) is 13.8 Å². The summed E-state index contributed by atoms with van der Waals surface area (Å²) in [7, 11) is 0. The number of hydrogen-bond donors (Lipinski definition) is 0. The Labute approximate surface area is 67.0 Å². The second-order valence-electron chi connectivity index (χ2n) is 2.07. The van der Waals surface area contributed by atoms with Gasteiger partial charge in [-0.25, -0.2) is 4.79 Å². The summed E-state index contributed by atoms with van der Waals surface area (Å²) < 4.78 is 9.55. The molecule has 0 amide bonds. The minimum absolute atomic E-state index is 0.346. The number of ether oxygens (including phenoxy) is 2. The fourth-order valence-electron chi connectivity index (χ4n) is 0.440. The second kappa shape index (κ2) is 4.91. The smallest absolute Gasteiger partial charge is 0.335 e. The molecule has 11 heavy (non-hydrogen) atoms. The van der Waals surface area contributed by atoms with Crippen molar-refractivity contribution in [2.45, 2.75) is 20.1 Å². The molecular weight excluding hydrogens is 144 g/mol. The van der Waals surface area contributed by atoms with Gasteiger partial charge in [0.2, 0.25) is 6.29 Å². The molecule has 0 aliphatic carbocycles. The maximum absolute atomic E-state index is 10.8. The Morgan fingerprint density at radius 3 is 2.55 bits per heavy atom. The molecule has 1 atom stereocenters. The molecule has 0 rings (SSSR count). The third kappa shape index (κ3) is 4.56. The number of rotatable bonds is 4. The molecule has 63 valence electrons. The second-order valence-corrected chi connectivity index (χ2v) is 2.07. The number of carbonyl (C=O) groups is 1. The Hall–Kier alpha value is -0.830. The van der Waals surface area contributed by atoms with Crippen molar-refractivity contribution in [2.24, 2.45) is 0 Å². The summed E-state index contributed by atoms with van der Waals surface area (Å²) in [5.41, 5.74) is 0.346. The quantitative estimate of drug-likeness (QED) is 0.350. The molecule has 0 fully saturated rings. The number of carbonyl (C=O) groups excluding carboxylic acids is 1. The lowest BCUT2D eigenvalue weighted by Crippen LogP contribution is -2.18. The molecule has 0 saturated carbocycles. The zero-order chi connectivity index (χ0) is 8.85. The highest BCUT2D eigenvalue weighted by atomic mass is 16.7. The van der Waals surface area contributed by atoms with Crippen molar-refractivity contribution in [3.63, 3.8) is 0 Å². The van der Waals surface area contributed by atoms with Crippen molar-refractivity contribution in [1.82, 2.24) is 0 Å². The van der Waals surface area contributed by atoms with Crippen LogP contribution in [-0.2, 0) is 14.3 Å². The van der Waals surface area contributed by atoms with Crippen LogP contribution < -0.4 is 0 Å². The van der Waals surface area contributed by atoms with Crippen LogP contribution in [0.15, 0.2) is 12.2 Å². The maximum atomic E-state index is 10.8. The van der Waals surface area contributed by atoms with E-state index in [2.05, 4.69) is 18.2 Å². The van der Waals surface area contributed by atoms with E-state index in [0.717, 1.165) is 0 Å². The summed E-state index contributed by atoms with van der Waals surface area (Å²) in [6, 6.07) is 0. The van der Waals surface area contributed by atoms with Gasteiger partial charge in [-0.2, -0.15) is 0 Å². The highest BCUT2D eigenvalue weighted by Gasteiger charge is 2.08. The highest BCUT2D eigenvalue weighted by molar-refractivity contribution is 5.87. The van der Waals surface area contributed by atoms with Gasteiger partial charge in [-0.1, -0.05) is 6.58 Å². The molecule has 0 bridgehead atoms. The Balaban J connectivity index is 3.66. The molecule has 0 N–H and O–H groups in total. The van der Waals surface area contributed by atoms with Crippen LogP contribution in [0.5, 0.6) is 0 Å². The molecule has 1 radical (unpaired) electrons. The Morgan fingerprint density at radius 2 is 2.18 bits per heavy atom. The molecule has 0 aromatic heterocycles. The lowest BCUT2D eigenvalue weighted by atomic mass is 10.4. The third-order valence-electron chi connectivity index (χ3n) is 0.940. The van der Waals surface area contributed by atoms with E-state index in [0.29, 0.717) is 12.2 Å². The lowest BCUT2D eigenvalue weighted by Gasteiger charge is -2.11. The topological polar surface area (TPSA) is 35.5 Å². The van der Waals surface area contributed by atoms with Crippen molar-refractivity contribution in [1.29, 1.82) is 0 Å². The summed E-state index contributed by atoms with van der Waals surface area (Å²) in [6.07, 6.45) is -0.732. The van der Waals surface area contributed by atoms with Crippen LogP contribution in [0.4, 0.5) is 0 Å². The van der Waals surface area contributed by atoms with E-state index in [1.165, 1.54) is 0 Å². The SMILES string of the molecule is [CH2]C(OCC)OC(=O)C(=C)C. The summed E-state index contributed by atoms with van der Waals surface area (Å²) in [5, 5.41) is 0. The van der Waals surface area contributed by atoms with Gasteiger partial charge in [0.25, 0.3) is 0 Å². The molecule has 0 spiro atoms. The minimum atomic E-state index is -0.732. The van der Waals surface area contributed by atoms with Crippen LogP contribution in [-0.4, -0.2) is 18.9 Å². The maximum Gasteiger partial charge on any atom is 0.335 e. The van der Waals surface area contributed by atoms with Gasteiger partial charge in [-0.15, -0.1) is 0 Å². The molecule has 0 heterocycles. The lowest BCUT2D eigenvalue weighted by molar-refractivity contribution is -0.163. The highest BCUT2D eigenvalue weighted by Crippen LogP contribution is 1.98. The minimum Gasteiger partial charge on any atom is -0.432 e. The van der Waals surface area contributed by atoms with Gasteiger partial charge in [0, 0.05) is 19.1 Å². The van der Waals surface area contributed by atoms with Crippen molar-refractivity contribution in [3.05, 3.63) is 19.1 Å². The van der Waals surface area contributed by atoms with Crippen LogP contribution in [0.25, 0.3) is 0 Å². The number of esters is 1. The predicted octanol–water partition coefficient (Wildman–Crippen LogP) is 1.30. The van der Waals surface area contributed by atoms with E-state index in [4.69, 9.17) is 4.74 Å². The van der Waals surface area contributed by atoms with E-state index in [1.807, 2.05) is 0 Å². The van der Waals surface area contributed by atoms with Crippen molar-refractivity contribution in [3.8, 4) is 0 Å². The molecule has 0 aromatic rings. The van der Waals surface area contributed by atoms with Gasteiger partial charge >= 0.3 is 5.97 Å². The van der Waals surface area contributed by atoms with Gasteiger partial charge in [-0.3, -0.25) is 0 Å². The van der Waals surface area contributed by atoms with Crippen LogP contribution in [0.2, 0.25) is 0 Å². The predicted molar refractivity (Wildman–Crippen MR) is 41.7 cm³/mol. The molecule has 1 unspecified atom stereocenters. The van der Waals surface area contributed by atoms with Crippen LogP contribution in [0.3, 0.4) is 0 Å². The van der Waals surface area contributed by atoms with E-state index >= 15 is 0 Å². The standard InChI is InChI=1S/C8H13O3/c1-5-10-7(4)11-8(9)6(2)3/h7H,2,4-5H2,1,3H3. The van der Waals surface area contributed by atoms with Gasteiger partial charge in [-0.05, 0) is 13.8 Å². The normalized spacial score (nSPS) is 12.3. The summed E-state index contributed by atoms with van der Waals surface area (Å²) in [5.74, 6) is -0.474. The number of hydrogen-bond acceptors (Lipinski definition) is 3. The molecule has 0 aliphatic heterocycles. The summed E-state index contributed by atoms with van der Waals surface area (Å²) in [4.78, 5) is 10.8. The van der Waals surface area contributed by atoms with E-state index in [9.17, 15) is 4.79 Å². The Kier molecular flexibility index (Phi) is 4.54. The fourth-order valence-corrected chi connectivity index (χ4v) is 0.440. The zero-order valence-corrected chi connectivity index (χ0v) is 6.92. The van der Waals surface area contributed by atoms with E-state index in [1.54, 1.807) is 13.8 Å². The largest absolute Gasteiger partial charge is 0.432 e. The molecule has 0 aliphatic rings. The van der Waals surface area contributed by atoms with Crippen molar-refractivity contribution >= 4 is 5.97 Å². The summed E-state index contributed by atoms with van der Waals surface area (Å²) in [6.45, 7) is 10.7. The first kappa shape index (κ1) is 10.2. The molecule has 0 aromatic carbocycles. The summed E-state index contributed by atoms with van der Waals surface area (Å²) >= 11 is 0. The van der Waals surface area contributed by atoms with Gasteiger partial charge in [0.1, 0.15) is 0 Å². The first-order valence-electron chi connectivity index (χ1n) is 3.39. The average molecular weight is 157 g/mol.